The molecule has 1 aliphatic heterocycles. The SMILES string of the molecule is CCOc1ccccc1/C=C1\C(=O)Nc2ccc(F)cc21. The lowest BCUT2D eigenvalue weighted by Crippen LogP contribution is -2.03. The number of hydrogen-bond acceptors (Lipinski definition) is 2. The van der Waals surface area contributed by atoms with Crippen LogP contribution < -0.4 is 10.1 Å². The zero-order valence-corrected chi connectivity index (χ0v) is 11.5. The van der Waals surface area contributed by atoms with Crippen molar-refractivity contribution in [3.63, 3.8) is 0 Å². The van der Waals surface area contributed by atoms with Gasteiger partial charge >= 0.3 is 0 Å². The van der Waals surface area contributed by atoms with Crippen LogP contribution in [0.2, 0.25) is 0 Å². The molecule has 0 bridgehead atoms. The Hall–Kier alpha value is -2.62. The van der Waals surface area contributed by atoms with Gasteiger partial charge in [-0.25, -0.2) is 4.39 Å². The number of rotatable bonds is 3. The maximum Gasteiger partial charge on any atom is 0.256 e. The fourth-order valence-electron chi connectivity index (χ4n) is 2.35. The summed E-state index contributed by atoms with van der Waals surface area (Å²) >= 11 is 0. The van der Waals surface area contributed by atoms with Crippen LogP contribution in [0.4, 0.5) is 10.1 Å². The number of para-hydroxylation sites is 1. The molecule has 2 aromatic rings. The van der Waals surface area contributed by atoms with E-state index in [4.69, 9.17) is 4.74 Å². The summed E-state index contributed by atoms with van der Waals surface area (Å²) in [5.41, 5.74) is 2.44. The maximum atomic E-state index is 13.4. The molecule has 3 rings (SSSR count). The number of hydrogen-bond donors (Lipinski definition) is 1. The molecule has 1 N–H and O–H groups in total. The fourth-order valence-corrected chi connectivity index (χ4v) is 2.35. The molecule has 2 aromatic carbocycles. The molecule has 0 atom stereocenters. The molecular formula is C17H14FNO2. The number of amides is 1. The molecule has 21 heavy (non-hydrogen) atoms. The Morgan fingerprint density at radius 2 is 2.05 bits per heavy atom. The summed E-state index contributed by atoms with van der Waals surface area (Å²) in [6, 6.07) is 11.7. The third-order valence-electron chi connectivity index (χ3n) is 3.28. The van der Waals surface area contributed by atoms with Crippen LogP contribution in [0.15, 0.2) is 42.5 Å². The van der Waals surface area contributed by atoms with E-state index < -0.39 is 0 Å². The van der Waals surface area contributed by atoms with Crippen molar-refractivity contribution < 1.29 is 13.9 Å². The number of benzene rings is 2. The summed E-state index contributed by atoms with van der Waals surface area (Å²) in [6.07, 6.45) is 1.73. The highest BCUT2D eigenvalue weighted by Crippen LogP contribution is 2.34. The number of fused-ring (bicyclic) bond motifs is 1. The van der Waals surface area contributed by atoms with Crippen LogP contribution in [0.1, 0.15) is 18.1 Å². The van der Waals surface area contributed by atoms with Crippen LogP contribution in [-0.4, -0.2) is 12.5 Å². The highest BCUT2D eigenvalue weighted by atomic mass is 19.1. The molecule has 0 radical (unpaired) electrons. The average molecular weight is 283 g/mol. The van der Waals surface area contributed by atoms with Gasteiger partial charge in [0.2, 0.25) is 0 Å². The number of halogens is 1. The second-order valence-electron chi connectivity index (χ2n) is 4.67. The molecule has 4 heteroatoms. The molecule has 0 fully saturated rings. The van der Waals surface area contributed by atoms with Crippen LogP contribution in [0.5, 0.6) is 5.75 Å². The lowest BCUT2D eigenvalue weighted by molar-refractivity contribution is -0.110. The third kappa shape index (κ3) is 2.52. The lowest BCUT2D eigenvalue weighted by Gasteiger charge is -2.07. The van der Waals surface area contributed by atoms with Crippen molar-refractivity contribution in [2.45, 2.75) is 6.92 Å². The Morgan fingerprint density at radius 1 is 1.24 bits per heavy atom. The first-order valence-electron chi connectivity index (χ1n) is 6.74. The predicted molar refractivity (Wildman–Crippen MR) is 80.5 cm³/mol. The molecule has 0 unspecified atom stereocenters. The third-order valence-corrected chi connectivity index (χ3v) is 3.28. The first-order valence-corrected chi connectivity index (χ1v) is 6.74. The first kappa shape index (κ1) is 13.4. The smallest absolute Gasteiger partial charge is 0.256 e. The molecular weight excluding hydrogens is 269 g/mol. The number of anilines is 1. The minimum atomic E-state index is -0.366. The minimum absolute atomic E-state index is 0.234. The van der Waals surface area contributed by atoms with Crippen molar-refractivity contribution >= 4 is 23.2 Å². The van der Waals surface area contributed by atoms with E-state index >= 15 is 0 Å². The van der Waals surface area contributed by atoms with Gasteiger partial charge in [0.25, 0.3) is 5.91 Å². The van der Waals surface area contributed by atoms with Crippen LogP contribution in [0, 0.1) is 5.82 Å². The van der Waals surface area contributed by atoms with Gasteiger partial charge in [0.15, 0.2) is 0 Å². The van der Waals surface area contributed by atoms with Crippen LogP contribution in [0.25, 0.3) is 11.6 Å². The molecule has 1 aliphatic rings. The van der Waals surface area contributed by atoms with Crippen molar-refractivity contribution in [2.24, 2.45) is 0 Å². The van der Waals surface area contributed by atoms with E-state index in [1.54, 1.807) is 12.1 Å². The van der Waals surface area contributed by atoms with Gasteiger partial charge in [0, 0.05) is 22.4 Å². The minimum Gasteiger partial charge on any atom is -0.493 e. The van der Waals surface area contributed by atoms with Gasteiger partial charge in [-0.1, -0.05) is 18.2 Å². The second-order valence-corrected chi connectivity index (χ2v) is 4.67. The normalized spacial score (nSPS) is 15.0. The quantitative estimate of drug-likeness (QED) is 0.872. The standard InChI is InChI=1S/C17H14FNO2/c1-2-21-16-6-4-3-5-11(16)9-14-13-10-12(18)7-8-15(13)19-17(14)20/h3-10H,2H2,1H3,(H,19,20)/b14-9-. The van der Waals surface area contributed by atoms with Crippen molar-refractivity contribution in [3.8, 4) is 5.75 Å². The highest BCUT2D eigenvalue weighted by molar-refractivity contribution is 6.35. The molecule has 1 heterocycles. The predicted octanol–water partition coefficient (Wildman–Crippen LogP) is 3.72. The van der Waals surface area contributed by atoms with E-state index in [1.807, 2.05) is 31.2 Å². The van der Waals surface area contributed by atoms with Crippen molar-refractivity contribution in [2.75, 3.05) is 11.9 Å². The van der Waals surface area contributed by atoms with Gasteiger partial charge < -0.3 is 10.1 Å². The molecule has 0 aromatic heterocycles. The molecule has 0 spiro atoms. The van der Waals surface area contributed by atoms with Gasteiger partial charge in [-0.05, 0) is 37.3 Å². The monoisotopic (exact) mass is 283 g/mol. The van der Waals surface area contributed by atoms with Gasteiger partial charge in [-0.3, -0.25) is 4.79 Å². The van der Waals surface area contributed by atoms with E-state index in [0.29, 0.717) is 29.2 Å². The number of carbonyl (C=O) groups excluding carboxylic acids is 1. The topological polar surface area (TPSA) is 38.3 Å². The largest absolute Gasteiger partial charge is 0.493 e. The number of carbonyl (C=O) groups is 1. The summed E-state index contributed by atoms with van der Waals surface area (Å²) in [5.74, 6) is 0.0984. The summed E-state index contributed by atoms with van der Waals surface area (Å²) in [7, 11) is 0. The van der Waals surface area contributed by atoms with Gasteiger partial charge in [0.05, 0.1) is 6.61 Å². The Balaban J connectivity index is 2.09. The van der Waals surface area contributed by atoms with E-state index in [2.05, 4.69) is 5.32 Å². The van der Waals surface area contributed by atoms with E-state index in [0.717, 1.165) is 5.56 Å². The fraction of sp³-hybridized carbons (Fsp3) is 0.118. The lowest BCUT2D eigenvalue weighted by atomic mass is 10.0. The van der Waals surface area contributed by atoms with E-state index in [9.17, 15) is 9.18 Å². The molecule has 0 aliphatic carbocycles. The van der Waals surface area contributed by atoms with Crippen molar-refractivity contribution in [3.05, 3.63) is 59.4 Å². The Morgan fingerprint density at radius 3 is 2.86 bits per heavy atom. The van der Waals surface area contributed by atoms with Crippen molar-refractivity contribution in [1.29, 1.82) is 0 Å². The van der Waals surface area contributed by atoms with Crippen LogP contribution in [-0.2, 0) is 4.79 Å². The zero-order valence-electron chi connectivity index (χ0n) is 11.5. The van der Waals surface area contributed by atoms with Crippen LogP contribution >= 0.6 is 0 Å². The van der Waals surface area contributed by atoms with Crippen molar-refractivity contribution in [1.82, 2.24) is 0 Å². The van der Waals surface area contributed by atoms with Gasteiger partial charge in [0.1, 0.15) is 11.6 Å². The average Bonchev–Trinajstić information content (AvgIpc) is 2.77. The van der Waals surface area contributed by atoms with Crippen LogP contribution in [0.3, 0.4) is 0 Å². The zero-order chi connectivity index (χ0) is 14.8. The van der Waals surface area contributed by atoms with E-state index in [-0.39, 0.29) is 11.7 Å². The summed E-state index contributed by atoms with van der Waals surface area (Å²) in [4.78, 5) is 12.1. The molecule has 0 saturated carbocycles. The van der Waals surface area contributed by atoms with Gasteiger partial charge in [-0.15, -0.1) is 0 Å². The molecule has 1 amide bonds. The number of ether oxygens (including phenoxy) is 1. The first-order chi connectivity index (χ1) is 10.2. The van der Waals surface area contributed by atoms with Gasteiger partial charge in [-0.2, -0.15) is 0 Å². The Kier molecular flexibility index (Phi) is 3.44. The molecule has 3 nitrogen and oxygen atoms in total. The summed E-state index contributed by atoms with van der Waals surface area (Å²) in [6.45, 7) is 2.44. The Labute approximate surface area is 122 Å². The number of nitrogens with one attached hydrogen (secondary N) is 1. The molecule has 106 valence electrons. The van der Waals surface area contributed by atoms with E-state index in [1.165, 1.54) is 12.1 Å². The second kappa shape index (κ2) is 5.40. The summed E-state index contributed by atoms with van der Waals surface area (Å²) < 4.78 is 19.0. The maximum absolute atomic E-state index is 13.4. The Bertz CT molecular complexity index is 737. The summed E-state index contributed by atoms with van der Waals surface area (Å²) in [5, 5.41) is 2.73. The highest BCUT2D eigenvalue weighted by Gasteiger charge is 2.24. The molecule has 0 saturated heterocycles.